The van der Waals surface area contributed by atoms with Crippen LogP contribution in [0.25, 0.3) is 0 Å². The molecule has 5 nitrogen and oxygen atoms in total. The van der Waals surface area contributed by atoms with Crippen molar-refractivity contribution < 1.29 is 19.1 Å². The molecule has 5 heteroatoms. The SMILES string of the molecule is CCCCCCCNC1=C(CCCc2ccc(C(=O)OC)cc2)C(=O)CO1. The molecular weight excluding hydrogens is 342 g/mol. The number of methoxy groups -OCH3 is 1. The average molecular weight is 373 g/mol. The van der Waals surface area contributed by atoms with E-state index in [0.29, 0.717) is 17.9 Å². The van der Waals surface area contributed by atoms with Gasteiger partial charge in [0.25, 0.3) is 0 Å². The fourth-order valence-corrected chi connectivity index (χ4v) is 3.17. The number of carbonyl (C=O) groups excluding carboxylic acids is 2. The molecule has 0 amide bonds. The second-order valence-electron chi connectivity index (χ2n) is 6.90. The Kier molecular flexibility index (Phi) is 8.89. The molecule has 1 aromatic rings. The third kappa shape index (κ3) is 6.74. The number of ketones is 1. The third-order valence-electron chi connectivity index (χ3n) is 4.79. The van der Waals surface area contributed by atoms with Crippen LogP contribution in [0.5, 0.6) is 0 Å². The Morgan fingerprint density at radius 3 is 2.52 bits per heavy atom. The number of benzene rings is 1. The Morgan fingerprint density at radius 2 is 1.81 bits per heavy atom. The highest BCUT2D eigenvalue weighted by Crippen LogP contribution is 2.20. The van der Waals surface area contributed by atoms with E-state index >= 15 is 0 Å². The van der Waals surface area contributed by atoms with E-state index in [0.717, 1.165) is 36.9 Å². The summed E-state index contributed by atoms with van der Waals surface area (Å²) in [5.74, 6) is 0.437. The number of Topliss-reactive ketones (excluding diaryl/α,β-unsaturated/α-hetero) is 1. The Hall–Kier alpha value is -2.30. The second kappa shape index (κ2) is 11.4. The number of carbonyl (C=O) groups is 2. The molecule has 0 unspecified atom stereocenters. The number of unbranched alkanes of at least 4 members (excludes halogenated alkanes) is 4. The molecule has 0 aliphatic carbocycles. The minimum absolute atomic E-state index is 0.0875. The van der Waals surface area contributed by atoms with Crippen LogP contribution in [0.3, 0.4) is 0 Å². The number of nitrogens with one attached hydrogen (secondary N) is 1. The van der Waals surface area contributed by atoms with Gasteiger partial charge in [0.1, 0.15) is 0 Å². The lowest BCUT2D eigenvalue weighted by Crippen LogP contribution is -2.16. The van der Waals surface area contributed by atoms with E-state index in [4.69, 9.17) is 9.47 Å². The van der Waals surface area contributed by atoms with Crippen LogP contribution in [0, 0.1) is 0 Å². The zero-order valence-corrected chi connectivity index (χ0v) is 16.5. The highest BCUT2D eigenvalue weighted by atomic mass is 16.5. The number of rotatable bonds is 12. The smallest absolute Gasteiger partial charge is 0.337 e. The molecule has 1 aliphatic heterocycles. The summed E-state index contributed by atoms with van der Waals surface area (Å²) in [7, 11) is 1.38. The Labute approximate surface area is 162 Å². The van der Waals surface area contributed by atoms with Gasteiger partial charge < -0.3 is 14.8 Å². The first-order valence-electron chi connectivity index (χ1n) is 9.96. The van der Waals surface area contributed by atoms with Crippen molar-refractivity contribution in [3.63, 3.8) is 0 Å². The van der Waals surface area contributed by atoms with Crippen molar-refractivity contribution in [3.05, 3.63) is 46.8 Å². The first-order valence-corrected chi connectivity index (χ1v) is 9.96. The number of esters is 1. The minimum Gasteiger partial charge on any atom is -0.471 e. The maximum absolute atomic E-state index is 12.1. The largest absolute Gasteiger partial charge is 0.471 e. The van der Waals surface area contributed by atoms with E-state index in [-0.39, 0.29) is 18.4 Å². The standard InChI is InChI=1S/C22H31NO4/c1-3-4-5-6-7-15-23-21-19(20(24)16-27-21)10-8-9-17-11-13-18(14-12-17)22(25)26-2/h11-14,23H,3-10,15-16H2,1-2H3. The van der Waals surface area contributed by atoms with Crippen LogP contribution in [0.15, 0.2) is 35.7 Å². The summed E-state index contributed by atoms with van der Waals surface area (Å²) in [4.78, 5) is 23.5. The van der Waals surface area contributed by atoms with Crippen molar-refractivity contribution in [2.75, 3.05) is 20.3 Å². The van der Waals surface area contributed by atoms with Gasteiger partial charge in [-0.15, -0.1) is 0 Å². The number of aryl methyl sites for hydroxylation is 1. The van der Waals surface area contributed by atoms with E-state index in [1.54, 1.807) is 12.1 Å². The lowest BCUT2D eigenvalue weighted by atomic mass is 10.0. The van der Waals surface area contributed by atoms with Crippen LogP contribution in [0.1, 0.15) is 67.8 Å². The molecule has 27 heavy (non-hydrogen) atoms. The van der Waals surface area contributed by atoms with Gasteiger partial charge in [0, 0.05) is 6.54 Å². The molecular formula is C22H31NO4. The van der Waals surface area contributed by atoms with Crippen LogP contribution >= 0.6 is 0 Å². The Bertz CT molecular complexity index is 649. The zero-order chi connectivity index (χ0) is 19.5. The van der Waals surface area contributed by atoms with Crippen LogP contribution < -0.4 is 5.32 Å². The van der Waals surface area contributed by atoms with Crippen molar-refractivity contribution in [1.29, 1.82) is 0 Å². The summed E-state index contributed by atoms with van der Waals surface area (Å²) < 4.78 is 10.2. The van der Waals surface area contributed by atoms with Gasteiger partial charge in [-0.3, -0.25) is 4.79 Å². The minimum atomic E-state index is -0.328. The van der Waals surface area contributed by atoms with Gasteiger partial charge in [0.2, 0.25) is 5.78 Å². The quantitative estimate of drug-likeness (QED) is 0.440. The van der Waals surface area contributed by atoms with E-state index in [1.807, 2.05) is 12.1 Å². The van der Waals surface area contributed by atoms with Crippen LogP contribution in [0.2, 0.25) is 0 Å². The molecule has 0 fully saturated rings. The molecule has 0 saturated heterocycles. The number of ether oxygens (including phenoxy) is 2. The summed E-state index contributed by atoms with van der Waals surface area (Å²) in [6.07, 6.45) is 8.51. The molecule has 2 rings (SSSR count). The summed E-state index contributed by atoms with van der Waals surface area (Å²) in [6, 6.07) is 7.41. The van der Waals surface area contributed by atoms with E-state index in [1.165, 1.54) is 32.8 Å². The highest BCUT2D eigenvalue weighted by molar-refractivity contribution is 5.98. The van der Waals surface area contributed by atoms with Gasteiger partial charge in [0.05, 0.1) is 18.2 Å². The second-order valence-corrected chi connectivity index (χ2v) is 6.90. The van der Waals surface area contributed by atoms with Crippen LogP contribution in [-0.2, 0) is 20.7 Å². The molecule has 1 aliphatic rings. The fraction of sp³-hybridized carbons (Fsp3) is 0.545. The van der Waals surface area contributed by atoms with Crippen molar-refractivity contribution in [1.82, 2.24) is 5.32 Å². The zero-order valence-electron chi connectivity index (χ0n) is 16.5. The third-order valence-corrected chi connectivity index (χ3v) is 4.79. The molecule has 0 aromatic heterocycles. The molecule has 0 atom stereocenters. The summed E-state index contributed by atoms with van der Waals surface area (Å²) in [6.45, 7) is 3.22. The van der Waals surface area contributed by atoms with E-state index < -0.39 is 0 Å². The molecule has 0 saturated carbocycles. The molecule has 1 N–H and O–H groups in total. The van der Waals surface area contributed by atoms with Crippen molar-refractivity contribution in [2.45, 2.75) is 58.3 Å². The molecule has 0 spiro atoms. The van der Waals surface area contributed by atoms with Gasteiger partial charge in [-0.25, -0.2) is 4.79 Å². The predicted molar refractivity (Wildman–Crippen MR) is 105 cm³/mol. The lowest BCUT2D eigenvalue weighted by molar-refractivity contribution is -0.116. The highest BCUT2D eigenvalue weighted by Gasteiger charge is 2.24. The lowest BCUT2D eigenvalue weighted by Gasteiger charge is -2.09. The van der Waals surface area contributed by atoms with Crippen LogP contribution in [0.4, 0.5) is 0 Å². The Balaban J connectivity index is 1.78. The van der Waals surface area contributed by atoms with Crippen molar-refractivity contribution in [3.8, 4) is 0 Å². The molecule has 1 aromatic carbocycles. The Morgan fingerprint density at radius 1 is 1.07 bits per heavy atom. The average Bonchev–Trinajstić information content (AvgIpc) is 3.04. The van der Waals surface area contributed by atoms with Crippen molar-refractivity contribution in [2.24, 2.45) is 0 Å². The maximum Gasteiger partial charge on any atom is 0.337 e. The van der Waals surface area contributed by atoms with Gasteiger partial charge in [-0.05, 0) is 43.4 Å². The first kappa shape index (κ1) is 21.0. The molecule has 0 radical (unpaired) electrons. The van der Waals surface area contributed by atoms with E-state index in [9.17, 15) is 9.59 Å². The first-order chi connectivity index (χ1) is 13.2. The van der Waals surface area contributed by atoms with Gasteiger partial charge in [-0.2, -0.15) is 0 Å². The summed E-state index contributed by atoms with van der Waals surface area (Å²) in [5.41, 5.74) is 2.48. The monoisotopic (exact) mass is 373 g/mol. The molecule has 0 bridgehead atoms. The van der Waals surface area contributed by atoms with Gasteiger partial charge in [-0.1, -0.05) is 44.7 Å². The number of hydrogen-bond donors (Lipinski definition) is 1. The summed E-state index contributed by atoms with van der Waals surface area (Å²) >= 11 is 0. The molecule has 148 valence electrons. The molecule has 1 heterocycles. The topological polar surface area (TPSA) is 64.6 Å². The fourth-order valence-electron chi connectivity index (χ4n) is 3.17. The van der Waals surface area contributed by atoms with Gasteiger partial charge >= 0.3 is 5.97 Å². The van der Waals surface area contributed by atoms with Crippen molar-refractivity contribution >= 4 is 11.8 Å². The van der Waals surface area contributed by atoms with Crippen LogP contribution in [-0.4, -0.2) is 32.0 Å². The summed E-state index contributed by atoms with van der Waals surface area (Å²) in [5, 5.41) is 3.30. The maximum atomic E-state index is 12.1. The number of hydrogen-bond acceptors (Lipinski definition) is 5. The van der Waals surface area contributed by atoms with Gasteiger partial charge in [0.15, 0.2) is 12.5 Å². The van der Waals surface area contributed by atoms with E-state index in [2.05, 4.69) is 12.2 Å². The predicted octanol–water partition coefficient (Wildman–Crippen LogP) is 4.17. The normalized spacial score (nSPS) is 13.6.